The number of H-pyrrole nitrogens is 1. The van der Waals surface area contributed by atoms with E-state index in [1.807, 2.05) is 0 Å². The molecule has 1 aliphatic carbocycles. The van der Waals surface area contributed by atoms with Crippen molar-refractivity contribution in [3.05, 3.63) is 18.7 Å². The van der Waals surface area contributed by atoms with Gasteiger partial charge in [0.05, 0.1) is 6.33 Å². The van der Waals surface area contributed by atoms with Crippen molar-refractivity contribution in [2.24, 2.45) is 11.8 Å². The molecule has 1 N–H and O–H groups in total. The molecule has 0 bridgehead atoms. The average Bonchev–Trinajstić information content (AvgIpc) is 3.16. The quantitative estimate of drug-likeness (QED) is 0.363. The molecule has 1 saturated carbocycles. The highest BCUT2D eigenvalue weighted by molar-refractivity contribution is 8.93. The Bertz CT molecular complexity index is 323. The lowest BCUT2D eigenvalue weighted by Crippen LogP contribution is -2.12. The largest absolute Gasteiger partial charge is 0.351 e. The van der Waals surface area contributed by atoms with Gasteiger partial charge in [0, 0.05) is 12.4 Å². The van der Waals surface area contributed by atoms with Crippen LogP contribution < -0.4 is 0 Å². The Hall–Kier alpha value is -0.310. The summed E-state index contributed by atoms with van der Waals surface area (Å²) in [6.45, 7) is 4.75. The molecule has 2 nitrogen and oxygen atoms in total. The summed E-state index contributed by atoms with van der Waals surface area (Å²) < 4.78 is 0. The smallest absolute Gasteiger partial charge is 0.0919 e. The van der Waals surface area contributed by atoms with Crippen molar-refractivity contribution in [3.8, 4) is 0 Å². The summed E-state index contributed by atoms with van der Waals surface area (Å²) in [5.74, 6) is 2.10. The first kappa shape index (κ1) is 24.7. The summed E-state index contributed by atoms with van der Waals surface area (Å²) in [6.07, 6.45) is 27.4. The number of nitrogens with zero attached hydrogens (tertiary/aromatic N) is 1. The normalized spacial score (nSPS) is 19.6. The van der Waals surface area contributed by atoms with Crippen molar-refractivity contribution in [1.82, 2.24) is 9.97 Å². The molecule has 25 heavy (non-hydrogen) atoms. The van der Waals surface area contributed by atoms with Gasteiger partial charge in [-0.25, -0.2) is 4.98 Å². The molecule has 0 spiro atoms. The first-order valence-electron chi connectivity index (χ1n) is 10.8. The molecule has 2 unspecified atom stereocenters. The predicted octanol–water partition coefficient (Wildman–Crippen LogP) is 8.11. The topological polar surface area (TPSA) is 28.7 Å². The summed E-state index contributed by atoms with van der Waals surface area (Å²) in [5, 5.41) is 0. The zero-order valence-electron chi connectivity index (χ0n) is 16.8. The average molecular weight is 416 g/mol. The molecule has 0 amide bonds. The van der Waals surface area contributed by atoms with Gasteiger partial charge in [-0.2, -0.15) is 0 Å². The fourth-order valence-corrected chi connectivity index (χ4v) is 3.96. The number of aromatic nitrogens is 2. The zero-order chi connectivity index (χ0) is 17.3. The minimum atomic E-state index is 0. The van der Waals surface area contributed by atoms with Crippen molar-refractivity contribution in [3.63, 3.8) is 0 Å². The molecule has 2 rings (SSSR count). The highest BCUT2D eigenvalue weighted by Crippen LogP contribution is 2.31. The fraction of sp³-hybridized carbons (Fsp3) is 0.864. The second kappa shape index (κ2) is 18.5. The van der Waals surface area contributed by atoms with Gasteiger partial charge < -0.3 is 4.98 Å². The minimum Gasteiger partial charge on any atom is -0.351 e. The SMILES string of the molecule is Br.CCCCCCCCCCCCC1CCCC(C)C1.c1c[nH]cn1. The number of rotatable bonds is 11. The van der Waals surface area contributed by atoms with E-state index in [9.17, 15) is 0 Å². The molecule has 1 aliphatic rings. The lowest BCUT2D eigenvalue weighted by molar-refractivity contribution is 0.263. The van der Waals surface area contributed by atoms with E-state index >= 15 is 0 Å². The van der Waals surface area contributed by atoms with E-state index in [1.165, 1.54) is 96.3 Å². The van der Waals surface area contributed by atoms with E-state index in [4.69, 9.17) is 0 Å². The van der Waals surface area contributed by atoms with E-state index in [2.05, 4.69) is 23.8 Å². The molecule has 1 fully saturated rings. The number of unbranched alkanes of at least 4 members (excludes halogenated alkanes) is 9. The lowest BCUT2D eigenvalue weighted by Gasteiger charge is -2.26. The number of aromatic amines is 1. The Morgan fingerprint density at radius 3 is 2.04 bits per heavy atom. The minimum absolute atomic E-state index is 0. The number of hydrogen-bond acceptors (Lipinski definition) is 1. The fourth-order valence-electron chi connectivity index (χ4n) is 3.96. The molecule has 3 heteroatoms. The van der Waals surface area contributed by atoms with Crippen LogP contribution in [0.3, 0.4) is 0 Å². The third-order valence-electron chi connectivity index (χ3n) is 5.42. The second-order valence-corrected chi connectivity index (χ2v) is 7.87. The number of hydrogen-bond donors (Lipinski definition) is 1. The molecule has 2 atom stereocenters. The third-order valence-corrected chi connectivity index (χ3v) is 5.42. The van der Waals surface area contributed by atoms with Gasteiger partial charge in [-0.15, -0.1) is 17.0 Å². The highest BCUT2D eigenvalue weighted by atomic mass is 79.9. The molecule has 0 aliphatic heterocycles. The first-order valence-corrected chi connectivity index (χ1v) is 10.8. The Morgan fingerprint density at radius 1 is 0.920 bits per heavy atom. The van der Waals surface area contributed by atoms with Gasteiger partial charge >= 0.3 is 0 Å². The van der Waals surface area contributed by atoms with Crippen LogP contribution in [0.4, 0.5) is 0 Å². The number of halogens is 1. The van der Waals surface area contributed by atoms with Gasteiger partial charge in [-0.05, 0) is 18.3 Å². The van der Waals surface area contributed by atoms with Crippen molar-refractivity contribution in [2.45, 2.75) is 110 Å². The van der Waals surface area contributed by atoms with Crippen LogP contribution in [0.2, 0.25) is 0 Å². The predicted molar refractivity (Wildman–Crippen MR) is 116 cm³/mol. The Labute approximate surface area is 167 Å². The summed E-state index contributed by atoms with van der Waals surface area (Å²) in [4.78, 5) is 6.42. The van der Waals surface area contributed by atoms with Gasteiger partial charge in [0.15, 0.2) is 0 Å². The Balaban J connectivity index is 0.000000820. The van der Waals surface area contributed by atoms with E-state index in [1.54, 1.807) is 18.7 Å². The third kappa shape index (κ3) is 15.6. The maximum atomic E-state index is 3.67. The van der Waals surface area contributed by atoms with E-state index < -0.39 is 0 Å². The Morgan fingerprint density at radius 2 is 1.56 bits per heavy atom. The van der Waals surface area contributed by atoms with Crippen LogP contribution in [0.25, 0.3) is 0 Å². The lowest BCUT2D eigenvalue weighted by atomic mass is 9.80. The molecule has 1 aromatic rings. The zero-order valence-corrected chi connectivity index (χ0v) is 18.6. The maximum absolute atomic E-state index is 3.67. The van der Waals surface area contributed by atoms with Crippen LogP contribution in [0, 0.1) is 11.8 Å². The second-order valence-electron chi connectivity index (χ2n) is 7.87. The van der Waals surface area contributed by atoms with Crippen LogP contribution in [0.15, 0.2) is 18.7 Å². The summed E-state index contributed by atoms with van der Waals surface area (Å²) in [5.41, 5.74) is 0. The number of nitrogens with one attached hydrogen (secondary N) is 1. The molecule has 0 radical (unpaired) electrons. The molecular formula is C22H43BrN2. The van der Waals surface area contributed by atoms with Gasteiger partial charge in [0.2, 0.25) is 0 Å². The van der Waals surface area contributed by atoms with E-state index in [0.717, 1.165) is 11.8 Å². The van der Waals surface area contributed by atoms with Gasteiger partial charge in [0.1, 0.15) is 0 Å². The van der Waals surface area contributed by atoms with E-state index in [0.29, 0.717) is 0 Å². The van der Waals surface area contributed by atoms with Crippen molar-refractivity contribution in [2.75, 3.05) is 0 Å². The molecule has 1 heterocycles. The van der Waals surface area contributed by atoms with Crippen LogP contribution in [0.1, 0.15) is 110 Å². The number of imidazole rings is 1. The van der Waals surface area contributed by atoms with Crippen LogP contribution >= 0.6 is 17.0 Å². The van der Waals surface area contributed by atoms with Crippen LogP contribution in [-0.4, -0.2) is 9.97 Å². The molecular weight excluding hydrogens is 372 g/mol. The summed E-state index contributed by atoms with van der Waals surface area (Å²) in [7, 11) is 0. The Kier molecular flexibility index (Phi) is 18.3. The van der Waals surface area contributed by atoms with Gasteiger partial charge in [-0.3, -0.25) is 0 Å². The summed E-state index contributed by atoms with van der Waals surface area (Å²) in [6, 6.07) is 0. The molecule has 0 aromatic carbocycles. The van der Waals surface area contributed by atoms with Crippen molar-refractivity contribution < 1.29 is 0 Å². The molecule has 0 saturated heterocycles. The van der Waals surface area contributed by atoms with Crippen molar-refractivity contribution >= 4 is 17.0 Å². The maximum Gasteiger partial charge on any atom is 0.0919 e. The monoisotopic (exact) mass is 414 g/mol. The molecule has 1 aromatic heterocycles. The molecule has 148 valence electrons. The highest BCUT2D eigenvalue weighted by Gasteiger charge is 2.17. The van der Waals surface area contributed by atoms with Gasteiger partial charge in [0.25, 0.3) is 0 Å². The standard InChI is InChI=1S/C19H38.C3H4N2.BrH/c1-3-4-5-6-7-8-9-10-11-12-15-19-16-13-14-18(2)17-19;1-2-5-3-4-1;/h18-19H,3-17H2,1-2H3;1-3H,(H,4,5);1H. The first-order chi connectivity index (χ1) is 11.8. The van der Waals surface area contributed by atoms with Gasteiger partial charge in [-0.1, -0.05) is 104 Å². The summed E-state index contributed by atoms with van der Waals surface area (Å²) >= 11 is 0. The van der Waals surface area contributed by atoms with E-state index in [-0.39, 0.29) is 17.0 Å². The van der Waals surface area contributed by atoms with Crippen molar-refractivity contribution in [1.29, 1.82) is 0 Å². The van der Waals surface area contributed by atoms with Crippen LogP contribution in [0.5, 0.6) is 0 Å². The van der Waals surface area contributed by atoms with Crippen LogP contribution in [-0.2, 0) is 0 Å².